The SMILES string of the molecule is O=C(C1COCCN1CC(F)F)N1CCCC(n2cncn2)C1. The Labute approximate surface area is 133 Å². The van der Waals surface area contributed by atoms with Gasteiger partial charge in [-0.1, -0.05) is 0 Å². The summed E-state index contributed by atoms with van der Waals surface area (Å²) in [6.07, 6.45) is 2.45. The average Bonchev–Trinajstić information content (AvgIpc) is 3.09. The summed E-state index contributed by atoms with van der Waals surface area (Å²) >= 11 is 0. The topological polar surface area (TPSA) is 63.5 Å². The van der Waals surface area contributed by atoms with Crippen LogP contribution in [0.2, 0.25) is 0 Å². The molecule has 0 aliphatic carbocycles. The highest BCUT2D eigenvalue weighted by Crippen LogP contribution is 2.22. The number of nitrogens with zero attached hydrogens (tertiary/aromatic N) is 5. The number of alkyl halides is 2. The van der Waals surface area contributed by atoms with Crippen LogP contribution in [0.5, 0.6) is 0 Å². The van der Waals surface area contributed by atoms with Crippen LogP contribution >= 0.6 is 0 Å². The van der Waals surface area contributed by atoms with Crippen molar-refractivity contribution in [3.63, 3.8) is 0 Å². The Bertz CT molecular complexity index is 513. The molecule has 128 valence electrons. The number of aromatic nitrogens is 3. The molecule has 23 heavy (non-hydrogen) atoms. The van der Waals surface area contributed by atoms with Crippen LogP contribution in [0.15, 0.2) is 12.7 Å². The second-order valence-electron chi connectivity index (χ2n) is 5.93. The molecule has 7 nitrogen and oxygen atoms in total. The van der Waals surface area contributed by atoms with Crippen LogP contribution in [0.3, 0.4) is 0 Å². The van der Waals surface area contributed by atoms with Crippen LogP contribution in [0, 0.1) is 0 Å². The second kappa shape index (κ2) is 7.31. The molecule has 0 radical (unpaired) electrons. The van der Waals surface area contributed by atoms with E-state index >= 15 is 0 Å². The van der Waals surface area contributed by atoms with E-state index in [1.807, 2.05) is 0 Å². The summed E-state index contributed by atoms with van der Waals surface area (Å²) < 4.78 is 32.5. The maximum absolute atomic E-state index is 12.8. The van der Waals surface area contributed by atoms with E-state index in [1.54, 1.807) is 15.9 Å². The zero-order chi connectivity index (χ0) is 16.2. The van der Waals surface area contributed by atoms with Gasteiger partial charge in [0.1, 0.15) is 18.7 Å². The molecule has 2 atom stereocenters. The summed E-state index contributed by atoms with van der Waals surface area (Å²) in [5.74, 6) is -0.129. The molecule has 1 aromatic heterocycles. The first-order valence-corrected chi connectivity index (χ1v) is 7.88. The molecule has 2 saturated heterocycles. The van der Waals surface area contributed by atoms with Gasteiger partial charge >= 0.3 is 0 Å². The fraction of sp³-hybridized carbons (Fsp3) is 0.786. The molecule has 0 bridgehead atoms. The van der Waals surface area contributed by atoms with Crippen LogP contribution in [-0.4, -0.2) is 82.3 Å². The molecule has 9 heteroatoms. The van der Waals surface area contributed by atoms with Crippen LogP contribution in [0.4, 0.5) is 8.78 Å². The first-order valence-electron chi connectivity index (χ1n) is 7.88. The Kier molecular flexibility index (Phi) is 5.16. The number of ether oxygens (including phenoxy) is 1. The maximum Gasteiger partial charge on any atom is 0.251 e. The highest BCUT2D eigenvalue weighted by Gasteiger charge is 2.36. The smallest absolute Gasteiger partial charge is 0.251 e. The van der Waals surface area contributed by atoms with E-state index in [0.717, 1.165) is 12.8 Å². The largest absolute Gasteiger partial charge is 0.378 e. The van der Waals surface area contributed by atoms with Crippen LogP contribution in [0.25, 0.3) is 0 Å². The summed E-state index contributed by atoms with van der Waals surface area (Å²) in [5.41, 5.74) is 0. The van der Waals surface area contributed by atoms with Crippen LogP contribution in [-0.2, 0) is 9.53 Å². The van der Waals surface area contributed by atoms with Gasteiger partial charge in [0.2, 0.25) is 5.91 Å². The van der Waals surface area contributed by atoms with Gasteiger partial charge in [0.25, 0.3) is 6.43 Å². The number of carbonyl (C=O) groups excluding carboxylic acids is 1. The highest BCUT2D eigenvalue weighted by atomic mass is 19.3. The van der Waals surface area contributed by atoms with E-state index < -0.39 is 12.5 Å². The lowest BCUT2D eigenvalue weighted by Gasteiger charge is -2.40. The van der Waals surface area contributed by atoms with Crippen LogP contribution in [0.1, 0.15) is 18.9 Å². The first kappa shape index (κ1) is 16.3. The lowest BCUT2D eigenvalue weighted by molar-refractivity contribution is -0.146. The Morgan fingerprint density at radius 2 is 2.26 bits per heavy atom. The Morgan fingerprint density at radius 3 is 3.00 bits per heavy atom. The number of rotatable bonds is 4. The van der Waals surface area contributed by atoms with Crippen molar-refractivity contribution in [1.29, 1.82) is 0 Å². The Balaban J connectivity index is 1.65. The number of piperidine rings is 1. The zero-order valence-corrected chi connectivity index (χ0v) is 12.9. The molecule has 3 heterocycles. The number of morpholine rings is 1. The molecule has 3 rings (SSSR count). The molecule has 0 N–H and O–H groups in total. The minimum absolute atomic E-state index is 0.0863. The third-order valence-electron chi connectivity index (χ3n) is 4.42. The molecule has 2 unspecified atom stereocenters. The van der Waals surface area contributed by atoms with Gasteiger partial charge in [0, 0.05) is 19.6 Å². The van der Waals surface area contributed by atoms with Crippen molar-refractivity contribution in [2.75, 3.05) is 39.4 Å². The molecule has 1 aromatic rings. The summed E-state index contributed by atoms with van der Waals surface area (Å²) in [7, 11) is 0. The van der Waals surface area contributed by atoms with Gasteiger partial charge in [-0.2, -0.15) is 5.10 Å². The van der Waals surface area contributed by atoms with E-state index in [0.29, 0.717) is 26.2 Å². The van der Waals surface area contributed by atoms with Gasteiger partial charge in [-0.3, -0.25) is 9.69 Å². The molecule has 0 spiro atoms. The summed E-state index contributed by atoms with van der Waals surface area (Å²) in [6.45, 7) is 1.71. The molecular weight excluding hydrogens is 308 g/mol. The normalized spacial score (nSPS) is 26.7. The monoisotopic (exact) mass is 329 g/mol. The molecule has 0 saturated carbocycles. The summed E-state index contributed by atoms with van der Waals surface area (Å²) in [5, 5.41) is 4.13. The maximum atomic E-state index is 12.8. The number of hydrogen-bond donors (Lipinski definition) is 0. The number of likely N-dealkylation sites (tertiary alicyclic amines) is 1. The zero-order valence-electron chi connectivity index (χ0n) is 12.9. The predicted molar refractivity (Wildman–Crippen MR) is 77.1 cm³/mol. The van der Waals surface area contributed by atoms with Gasteiger partial charge in [0.15, 0.2) is 0 Å². The number of hydrogen-bond acceptors (Lipinski definition) is 5. The standard InChI is InChI=1S/C14H21F2N5O2/c15-13(16)7-19-4-5-23-8-12(19)14(22)20-3-1-2-11(6-20)21-10-17-9-18-21/h9-13H,1-8H2. The second-order valence-corrected chi connectivity index (χ2v) is 5.93. The summed E-state index contributed by atoms with van der Waals surface area (Å²) in [6, 6.07) is -0.532. The van der Waals surface area contributed by atoms with Crippen molar-refractivity contribution in [2.24, 2.45) is 0 Å². The quantitative estimate of drug-likeness (QED) is 0.800. The molecule has 0 aromatic carbocycles. The first-order chi connectivity index (χ1) is 11.1. The number of amides is 1. The van der Waals surface area contributed by atoms with Crippen molar-refractivity contribution in [1.82, 2.24) is 24.6 Å². The minimum atomic E-state index is -2.45. The van der Waals surface area contributed by atoms with E-state index in [4.69, 9.17) is 4.74 Å². The van der Waals surface area contributed by atoms with E-state index in [2.05, 4.69) is 10.1 Å². The Hall–Kier alpha value is -1.61. The third kappa shape index (κ3) is 3.84. The van der Waals surface area contributed by atoms with Crippen molar-refractivity contribution in [2.45, 2.75) is 31.4 Å². The van der Waals surface area contributed by atoms with Gasteiger partial charge in [-0.15, -0.1) is 0 Å². The summed E-state index contributed by atoms with van der Waals surface area (Å²) in [4.78, 5) is 20.0. The Morgan fingerprint density at radius 1 is 1.39 bits per heavy atom. The lowest BCUT2D eigenvalue weighted by Crippen LogP contribution is -2.57. The van der Waals surface area contributed by atoms with E-state index in [1.165, 1.54) is 11.2 Å². The van der Waals surface area contributed by atoms with Crippen LogP contribution < -0.4 is 0 Å². The molecule has 2 fully saturated rings. The van der Waals surface area contributed by atoms with Crippen molar-refractivity contribution in [3.05, 3.63) is 12.7 Å². The predicted octanol–water partition coefficient (Wildman–Crippen LogP) is 0.407. The van der Waals surface area contributed by atoms with Gasteiger partial charge in [-0.05, 0) is 12.8 Å². The fourth-order valence-electron chi connectivity index (χ4n) is 3.25. The lowest BCUT2D eigenvalue weighted by atomic mass is 10.0. The molecule has 1 amide bonds. The van der Waals surface area contributed by atoms with Gasteiger partial charge in [0.05, 0.1) is 25.8 Å². The van der Waals surface area contributed by atoms with E-state index in [-0.39, 0.29) is 25.1 Å². The third-order valence-corrected chi connectivity index (χ3v) is 4.42. The van der Waals surface area contributed by atoms with Crippen molar-refractivity contribution < 1.29 is 18.3 Å². The molecular formula is C14H21F2N5O2. The highest BCUT2D eigenvalue weighted by molar-refractivity contribution is 5.82. The number of halogens is 2. The van der Waals surface area contributed by atoms with E-state index in [9.17, 15) is 13.6 Å². The van der Waals surface area contributed by atoms with Crippen molar-refractivity contribution >= 4 is 5.91 Å². The fourth-order valence-corrected chi connectivity index (χ4v) is 3.25. The number of carbonyl (C=O) groups is 1. The molecule has 2 aliphatic heterocycles. The molecule has 2 aliphatic rings. The van der Waals surface area contributed by atoms with Crippen molar-refractivity contribution in [3.8, 4) is 0 Å². The van der Waals surface area contributed by atoms with Gasteiger partial charge < -0.3 is 9.64 Å². The van der Waals surface area contributed by atoms with Gasteiger partial charge in [-0.25, -0.2) is 18.4 Å². The minimum Gasteiger partial charge on any atom is -0.378 e. The average molecular weight is 329 g/mol.